The van der Waals surface area contributed by atoms with Crippen LogP contribution in [0.2, 0.25) is 51.4 Å². The third kappa shape index (κ3) is 1.92. The van der Waals surface area contributed by atoms with Crippen LogP contribution in [0, 0.1) is 0 Å². The molecule has 16 rings (SSSR count). The topological polar surface area (TPSA) is 0 Å². The summed E-state index contributed by atoms with van der Waals surface area (Å²) < 4.78 is 0. The van der Waals surface area contributed by atoms with E-state index in [0.29, 0.717) is 0 Å². The van der Waals surface area contributed by atoms with Crippen LogP contribution in [0.25, 0.3) is 129 Å². The van der Waals surface area contributed by atoms with Crippen LogP contribution in [0.4, 0.5) is 0 Å². The Morgan fingerprint density at radius 3 is 0.900 bits per heavy atom. The molecule has 2 atom stereocenters. The second-order valence-electron chi connectivity index (χ2n) is 19.9. The molecule has 232 valence electrons. The van der Waals surface area contributed by atoms with Crippen molar-refractivity contribution in [3.05, 3.63) is 82.9 Å². The lowest BCUT2D eigenvalue weighted by Gasteiger charge is -2.45. The van der Waals surface area contributed by atoms with E-state index in [1.807, 2.05) is 0 Å². The van der Waals surface area contributed by atoms with Crippen LogP contribution in [0.1, 0.15) is 22.3 Å². The Hall–Kier alpha value is -4.51. The minimum atomic E-state index is -1.55. The zero-order chi connectivity index (χ0) is 32.7. The molecule has 0 heterocycles. The lowest BCUT2D eigenvalue weighted by atomic mass is 9.64. The van der Waals surface area contributed by atoms with Crippen LogP contribution in [-0.4, -0.2) is 16.1 Å². The molecule has 2 heteroatoms. The van der Waals surface area contributed by atoms with Crippen molar-refractivity contribution in [1.29, 1.82) is 0 Å². The zero-order valence-electron chi connectivity index (χ0n) is 29.2. The summed E-state index contributed by atoms with van der Waals surface area (Å²) in [6.07, 6.45) is 5.64. The molecule has 13 aromatic rings. The molecule has 0 aromatic heterocycles. The molecule has 0 radical (unpaired) electrons. The first-order chi connectivity index (χ1) is 24.0. The largest absolute Gasteiger partial charge is 0.0726 e. The lowest BCUT2D eigenvalue weighted by molar-refractivity contribution is 0.629. The molecule has 3 aliphatic rings. The molecule has 0 saturated heterocycles. The van der Waals surface area contributed by atoms with Crippen LogP contribution < -0.4 is 0 Å². The van der Waals surface area contributed by atoms with Crippen molar-refractivity contribution in [3.63, 3.8) is 0 Å². The molecule has 0 fully saturated rings. The summed E-state index contributed by atoms with van der Waals surface area (Å²) >= 11 is 0. The van der Waals surface area contributed by atoms with Crippen LogP contribution >= 0.6 is 0 Å². The van der Waals surface area contributed by atoms with Gasteiger partial charge < -0.3 is 0 Å². The molecule has 0 saturated carbocycles. The van der Waals surface area contributed by atoms with Crippen molar-refractivity contribution in [2.45, 2.75) is 62.2 Å². The first-order valence-corrected chi connectivity index (χ1v) is 26.4. The molecule has 0 amide bonds. The minimum absolute atomic E-state index is 0.0613. The van der Waals surface area contributed by atoms with Crippen LogP contribution in [0.3, 0.4) is 0 Å². The van der Waals surface area contributed by atoms with E-state index in [1.165, 1.54) is 44.4 Å². The molecule has 0 N–H and O–H groups in total. The van der Waals surface area contributed by atoms with E-state index >= 15 is 0 Å². The van der Waals surface area contributed by atoms with Gasteiger partial charge in [0.05, 0.1) is 0 Å². The van der Waals surface area contributed by atoms with Gasteiger partial charge in [0.15, 0.2) is 0 Å². The summed E-state index contributed by atoms with van der Waals surface area (Å²) in [5.41, 5.74) is 6.61. The third-order valence-electron chi connectivity index (χ3n) is 15.1. The second-order valence-corrected chi connectivity index (χ2v) is 30.8. The third-order valence-corrected chi connectivity index (χ3v) is 18.3. The fourth-order valence-corrected chi connectivity index (χ4v) is 18.8. The average molecular weight is 665 g/mol. The number of fused-ring (bicyclic) bond motifs is 5. The predicted molar refractivity (Wildman–Crippen MR) is 224 cm³/mol. The van der Waals surface area contributed by atoms with Crippen molar-refractivity contribution in [2.24, 2.45) is 0 Å². The zero-order valence-corrected chi connectivity index (χ0v) is 31.2. The molecule has 13 aromatic carbocycles. The molecule has 2 unspecified atom stereocenters. The van der Waals surface area contributed by atoms with Gasteiger partial charge in [0, 0.05) is 27.0 Å². The SMILES string of the molecule is C[Si](C)(C)CC12C=CC3(C[Si](C)(C)C)c4ccc5c6ccc7c8ccc9c%10ccc1c1c%11c2c3c2c4c5c3c6c7c4c8c9c(c%101)c1c%11c2c3c41. The van der Waals surface area contributed by atoms with Gasteiger partial charge >= 0.3 is 0 Å². The van der Waals surface area contributed by atoms with E-state index in [2.05, 4.69) is 100.0 Å². The quantitative estimate of drug-likeness (QED) is 0.0998. The summed E-state index contributed by atoms with van der Waals surface area (Å²) in [6, 6.07) is 22.9. The molecular weight excluding hydrogens is 633 g/mol. The van der Waals surface area contributed by atoms with Crippen LogP contribution in [0.15, 0.2) is 60.7 Å². The second kappa shape index (κ2) is 6.31. The summed E-state index contributed by atoms with van der Waals surface area (Å²) in [4.78, 5) is 0. The maximum absolute atomic E-state index is 2.82. The van der Waals surface area contributed by atoms with Crippen LogP contribution in [-0.2, 0) is 10.8 Å². The molecule has 0 spiro atoms. The van der Waals surface area contributed by atoms with Gasteiger partial charge in [-0.3, -0.25) is 0 Å². The average Bonchev–Trinajstić information content (AvgIpc) is 3.86. The first kappa shape index (κ1) is 24.6. The van der Waals surface area contributed by atoms with E-state index in [4.69, 9.17) is 0 Å². The lowest BCUT2D eigenvalue weighted by Crippen LogP contribution is -2.42. The van der Waals surface area contributed by atoms with E-state index in [-0.39, 0.29) is 10.8 Å². The van der Waals surface area contributed by atoms with Gasteiger partial charge in [0.25, 0.3) is 0 Å². The number of rotatable bonds is 4. The summed E-state index contributed by atoms with van der Waals surface area (Å²) in [5.74, 6) is 0. The van der Waals surface area contributed by atoms with E-state index < -0.39 is 16.1 Å². The molecule has 0 bridgehead atoms. The van der Waals surface area contributed by atoms with Crippen molar-refractivity contribution in [2.75, 3.05) is 0 Å². The van der Waals surface area contributed by atoms with Crippen LogP contribution in [0.5, 0.6) is 0 Å². The molecule has 0 aliphatic heterocycles. The number of hydrogen-bond acceptors (Lipinski definition) is 0. The Labute approximate surface area is 289 Å². The van der Waals surface area contributed by atoms with Crippen molar-refractivity contribution >= 4 is 145 Å². The van der Waals surface area contributed by atoms with Gasteiger partial charge in [-0.15, -0.1) is 0 Å². The monoisotopic (exact) mass is 664 g/mol. The highest BCUT2D eigenvalue weighted by molar-refractivity contribution is 6.77. The number of allylic oxidation sites excluding steroid dienone is 2. The summed E-state index contributed by atoms with van der Waals surface area (Å²) in [6.45, 7) is 15.7. The van der Waals surface area contributed by atoms with E-state index in [9.17, 15) is 0 Å². The van der Waals surface area contributed by atoms with Crippen molar-refractivity contribution < 1.29 is 0 Å². The maximum Gasteiger partial charge on any atom is 0.0457 e. The van der Waals surface area contributed by atoms with Gasteiger partial charge in [0.2, 0.25) is 0 Å². The number of hydrogen-bond donors (Lipinski definition) is 0. The standard InChI is InChI=1S/C48H32Si2/c1-49(2,3)17-47-15-16-48(18-50(4,5)6)26-14-12-24-22-10-8-20-19-7-9-21-23-11-13-25(47)33-31(23)36-29(21)27(19)35-28(20)30(22)37-32(24)34(26)44-42-40(37)38(35)39(36)41(42)43(33)45(47)46(44)48/h7-16H,17-18H2,1-6H3. The fourth-order valence-electron chi connectivity index (χ4n) is 14.5. The predicted octanol–water partition coefficient (Wildman–Crippen LogP) is 13.9. The number of benzene rings is 9. The van der Waals surface area contributed by atoms with Gasteiger partial charge in [-0.1, -0.05) is 100.0 Å². The Balaban J connectivity index is 1.38. The Kier molecular flexibility index (Phi) is 3.11. The molecule has 0 nitrogen and oxygen atoms in total. The molecule has 3 aliphatic carbocycles. The molecular formula is C48H32Si2. The van der Waals surface area contributed by atoms with E-state index in [1.54, 1.807) is 119 Å². The van der Waals surface area contributed by atoms with Gasteiger partial charge in [-0.05, 0) is 164 Å². The van der Waals surface area contributed by atoms with Crippen molar-refractivity contribution in [1.82, 2.24) is 0 Å². The minimum Gasteiger partial charge on any atom is -0.0726 e. The Morgan fingerprint density at radius 2 is 0.580 bits per heavy atom. The highest BCUT2D eigenvalue weighted by Gasteiger charge is 2.57. The smallest absolute Gasteiger partial charge is 0.0457 e. The van der Waals surface area contributed by atoms with E-state index in [0.717, 1.165) is 0 Å². The highest BCUT2D eigenvalue weighted by atomic mass is 28.3. The van der Waals surface area contributed by atoms with Gasteiger partial charge in [-0.25, -0.2) is 0 Å². The maximum atomic E-state index is 2.82. The van der Waals surface area contributed by atoms with Gasteiger partial charge in [-0.2, -0.15) is 0 Å². The normalized spacial score (nSPS) is 22.4. The Morgan fingerprint density at radius 1 is 0.320 bits per heavy atom. The Bertz CT molecular complexity index is 3530. The first-order valence-electron chi connectivity index (χ1n) is 19.0. The highest BCUT2D eigenvalue weighted by Crippen LogP contribution is 2.73. The summed E-state index contributed by atoms with van der Waals surface area (Å²) in [7, 11) is -3.09. The fraction of sp³-hybridized carbons (Fsp3) is 0.208. The summed E-state index contributed by atoms with van der Waals surface area (Å²) in [5, 5.41) is 37.8. The molecule has 50 heavy (non-hydrogen) atoms. The van der Waals surface area contributed by atoms with Gasteiger partial charge in [0.1, 0.15) is 0 Å². The van der Waals surface area contributed by atoms with Crippen molar-refractivity contribution in [3.8, 4) is 0 Å².